The molecule has 2 aromatic rings. The summed E-state index contributed by atoms with van der Waals surface area (Å²) in [6, 6.07) is 4.10. The van der Waals surface area contributed by atoms with Gasteiger partial charge in [0.15, 0.2) is 0 Å². The summed E-state index contributed by atoms with van der Waals surface area (Å²) in [6.07, 6.45) is -2.45. The van der Waals surface area contributed by atoms with Crippen LogP contribution in [-0.2, 0) is 0 Å². The lowest BCUT2D eigenvalue weighted by Crippen LogP contribution is -2.18. The van der Waals surface area contributed by atoms with E-state index in [4.69, 9.17) is 0 Å². The van der Waals surface area contributed by atoms with Crippen molar-refractivity contribution in [2.45, 2.75) is 19.2 Å². The number of aromatic amines is 1. The second-order valence-corrected chi connectivity index (χ2v) is 4.48. The molecule has 1 fully saturated rings. The zero-order chi connectivity index (χ0) is 13.5. The van der Waals surface area contributed by atoms with E-state index in [1.807, 2.05) is 0 Å². The molecule has 0 amide bonds. The Hall–Kier alpha value is -1.92. The molecule has 1 aliphatic rings. The second-order valence-electron chi connectivity index (χ2n) is 4.48. The van der Waals surface area contributed by atoms with E-state index in [-0.39, 0.29) is 5.75 Å². The normalized spacial score (nSPS) is 16.3. The van der Waals surface area contributed by atoms with Crippen molar-refractivity contribution < 1.29 is 17.9 Å². The molecule has 1 N–H and O–H groups in total. The van der Waals surface area contributed by atoms with Gasteiger partial charge in [-0.15, -0.1) is 13.2 Å². The molecule has 0 spiro atoms. The van der Waals surface area contributed by atoms with E-state index in [1.165, 1.54) is 18.2 Å². The number of nitrogens with zero attached hydrogens (tertiary/aromatic N) is 2. The Balaban J connectivity index is 1.90. The Morgan fingerprint density at radius 3 is 2.63 bits per heavy atom. The molecule has 19 heavy (non-hydrogen) atoms. The molecular weight excluding hydrogens is 259 g/mol. The number of anilines is 1. The van der Waals surface area contributed by atoms with E-state index >= 15 is 0 Å². The van der Waals surface area contributed by atoms with E-state index in [0.29, 0.717) is 17.0 Å². The maximum atomic E-state index is 12.1. The summed E-state index contributed by atoms with van der Waals surface area (Å²) < 4.78 is 40.3. The monoisotopic (exact) mass is 271 g/mol. The topological polar surface area (TPSA) is 41.1 Å². The molecule has 1 aromatic carbocycles. The van der Waals surface area contributed by atoms with Crippen molar-refractivity contribution in [1.82, 2.24) is 9.97 Å². The van der Waals surface area contributed by atoms with E-state index in [1.54, 1.807) is 0 Å². The molecule has 4 nitrogen and oxygen atoms in total. The fourth-order valence-electron chi connectivity index (χ4n) is 2.25. The van der Waals surface area contributed by atoms with Gasteiger partial charge in [-0.05, 0) is 25.0 Å². The van der Waals surface area contributed by atoms with Crippen LogP contribution in [0.2, 0.25) is 0 Å². The van der Waals surface area contributed by atoms with E-state index in [0.717, 1.165) is 25.9 Å². The summed E-state index contributed by atoms with van der Waals surface area (Å²) in [4.78, 5) is 9.48. The Morgan fingerprint density at radius 1 is 1.21 bits per heavy atom. The van der Waals surface area contributed by atoms with Crippen LogP contribution in [0.1, 0.15) is 12.8 Å². The predicted molar refractivity (Wildman–Crippen MR) is 64.2 cm³/mol. The molecule has 7 heteroatoms. The number of halogens is 3. The molecule has 2 heterocycles. The van der Waals surface area contributed by atoms with Crippen LogP contribution < -0.4 is 9.64 Å². The van der Waals surface area contributed by atoms with Gasteiger partial charge in [0.1, 0.15) is 5.75 Å². The zero-order valence-electron chi connectivity index (χ0n) is 10.00. The van der Waals surface area contributed by atoms with Gasteiger partial charge in [0.05, 0.1) is 11.0 Å². The number of benzene rings is 1. The molecule has 1 aliphatic heterocycles. The first-order chi connectivity index (χ1) is 9.01. The van der Waals surface area contributed by atoms with Gasteiger partial charge < -0.3 is 14.6 Å². The average Bonchev–Trinajstić information content (AvgIpc) is 2.94. The Labute approximate surface area is 107 Å². The van der Waals surface area contributed by atoms with Crippen molar-refractivity contribution in [2.24, 2.45) is 0 Å². The maximum Gasteiger partial charge on any atom is 0.573 e. The van der Waals surface area contributed by atoms with Crippen LogP contribution in [0.15, 0.2) is 18.2 Å². The van der Waals surface area contributed by atoms with Crippen LogP contribution >= 0.6 is 0 Å². The van der Waals surface area contributed by atoms with Crippen molar-refractivity contribution in [1.29, 1.82) is 0 Å². The fraction of sp³-hybridized carbons (Fsp3) is 0.417. The van der Waals surface area contributed by atoms with Gasteiger partial charge in [0.25, 0.3) is 0 Å². The minimum Gasteiger partial charge on any atom is -0.406 e. The molecule has 1 aromatic heterocycles. The summed E-state index contributed by atoms with van der Waals surface area (Å²) in [5, 5.41) is 0. The lowest BCUT2D eigenvalue weighted by molar-refractivity contribution is -0.274. The summed E-state index contributed by atoms with van der Waals surface area (Å²) in [6.45, 7) is 1.84. The van der Waals surface area contributed by atoms with E-state index in [9.17, 15) is 13.2 Å². The molecule has 0 atom stereocenters. The van der Waals surface area contributed by atoms with Crippen LogP contribution in [0.25, 0.3) is 11.0 Å². The molecule has 0 saturated carbocycles. The number of fused-ring (bicyclic) bond motifs is 1. The first kappa shape index (κ1) is 12.1. The van der Waals surface area contributed by atoms with Crippen molar-refractivity contribution in [2.75, 3.05) is 18.0 Å². The van der Waals surface area contributed by atoms with Gasteiger partial charge >= 0.3 is 6.36 Å². The van der Waals surface area contributed by atoms with E-state index in [2.05, 4.69) is 19.6 Å². The van der Waals surface area contributed by atoms with Crippen LogP contribution in [0.4, 0.5) is 19.1 Å². The number of imidazole rings is 1. The number of ether oxygens (including phenoxy) is 1. The summed E-state index contributed by atoms with van der Waals surface area (Å²) in [5.74, 6) is 0.466. The predicted octanol–water partition coefficient (Wildman–Crippen LogP) is 3.06. The highest BCUT2D eigenvalue weighted by atomic mass is 19.4. The first-order valence-corrected chi connectivity index (χ1v) is 6.02. The summed E-state index contributed by atoms with van der Waals surface area (Å²) in [5.41, 5.74) is 1.18. The van der Waals surface area contributed by atoms with Crippen molar-refractivity contribution in [3.63, 3.8) is 0 Å². The van der Waals surface area contributed by atoms with Crippen molar-refractivity contribution >= 4 is 17.0 Å². The van der Waals surface area contributed by atoms with Gasteiger partial charge in [-0.25, -0.2) is 4.98 Å². The van der Waals surface area contributed by atoms with Crippen LogP contribution in [0, 0.1) is 0 Å². The number of rotatable bonds is 2. The molecule has 0 radical (unpaired) electrons. The smallest absolute Gasteiger partial charge is 0.406 e. The van der Waals surface area contributed by atoms with Crippen LogP contribution in [-0.4, -0.2) is 29.4 Å². The SMILES string of the molecule is FC(F)(F)Oc1ccc2nc(N3CCCC3)[nH]c2c1. The Kier molecular flexibility index (Phi) is 2.76. The molecule has 1 saturated heterocycles. The largest absolute Gasteiger partial charge is 0.573 e. The van der Waals surface area contributed by atoms with Crippen LogP contribution in [0.5, 0.6) is 5.75 Å². The fourth-order valence-corrected chi connectivity index (χ4v) is 2.25. The standard InChI is InChI=1S/C12H12F3N3O/c13-12(14,15)19-8-3-4-9-10(7-8)17-11(16-9)18-5-1-2-6-18/h3-4,7H,1-2,5-6H2,(H,16,17). The molecule has 102 valence electrons. The summed E-state index contributed by atoms with van der Waals surface area (Å²) >= 11 is 0. The average molecular weight is 271 g/mol. The molecule has 3 rings (SSSR count). The number of alkyl halides is 3. The maximum absolute atomic E-state index is 12.1. The highest BCUT2D eigenvalue weighted by molar-refractivity contribution is 5.79. The van der Waals surface area contributed by atoms with Crippen molar-refractivity contribution in [3.05, 3.63) is 18.2 Å². The minimum atomic E-state index is -4.68. The Bertz CT molecular complexity index is 587. The number of hydrogen-bond donors (Lipinski definition) is 1. The second kappa shape index (κ2) is 4.32. The quantitative estimate of drug-likeness (QED) is 0.912. The summed E-state index contributed by atoms with van der Waals surface area (Å²) in [7, 11) is 0. The lowest BCUT2D eigenvalue weighted by atomic mass is 10.3. The third-order valence-corrected chi connectivity index (χ3v) is 3.08. The molecular formula is C12H12F3N3O. The zero-order valence-corrected chi connectivity index (χ0v) is 10.00. The van der Waals surface area contributed by atoms with Crippen LogP contribution in [0.3, 0.4) is 0 Å². The van der Waals surface area contributed by atoms with E-state index < -0.39 is 6.36 Å². The van der Waals surface area contributed by atoms with Gasteiger partial charge in [0.2, 0.25) is 5.95 Å². The number of nitrogens with one attached hydrogen (secondary N) is 1. The Morgan fingerprint density at radius 2 is 1.95 bits per heavy atom. The van der Waals surface area contributed by atoms with Gasteiger partial charge in [0, 0.05) is 19.2 Å². The minimum absolute atomic E-state index is 0.239. The lowest BCUT2D eigenvalue weighted by Gasteiger charge is -2.12. The number of H-pyrrole nitrogens is 1. The first-order valence-electron chi connectivity index (χ1n) is 6.02. The number of hydrogen-bond acceptors (Lipinski definition) is 3. The number of aromatic nitrogens is 2. The van der Waals surface area contributed by atoms with Gasteiger partial charge in [-0.3, -0.25) is 0 Å². The third kappa shape index (κ3) is 2.59. The highest BCUT2D eigenvalue weighted by Crippen LogP contribution is 2.27. The highest BCUT2D eigenvalue weighted by Gasteiger charge is 2.31. The molecule has 0 unspecified atom stereocenters. The van der Waals surface area contributed by atoms with Gasteiger partial charge in [-0.1, -0.05) is 0 Å². The molecule has 0 aliphatic carbocycles. The van der Waals surface area contributed by atoms with Gasteiger partial charge in [-0.2, -0.15) is 0 Å². The third-order valence-electron chi connectivity index (χ3n) is 3.08. The molecule has 0 bridgehead atoms. The van der Waals surface area contributed by atoms with Crippen molar-refractivity contribution in [3.8, 4) is 5.75 Å².